The molecule has 1 fully saturated rings. The first-order chi connectivity index (χ1) is 11.8. The number of anilines is 1. The van der Waals surface area contributed by atoms with Crippen LogP contribution in [0.25, 0.3) is 10.9 Å². The number of aromatic nitrogens is 3. The van der Waals surface area contributed by atoms with Gasteiger partial charge in [0.15, 0.2) is 0 Å². The predicted molar refractivity (Wildman–Crippen MR) is 91.2 cm³/mol. The average molecular weight is 323 g/mol. The van der Waals surface area contributed by atoms with E-state index in [0.29, 0.717) is 0 Å². The van der Waals surface area contributed by atoms with Crippen molar-refractivity contribution in [3.8, 4) is 0 Å². The number of hydrogen-bond acceptors (Lipinski definition) is 5. The van der Waals surface area contributed by atoms with Gasteiger partial charge in [0, 0.05) is 44.3 Å². The Balaban J connectivity index is 1.45. The van der Waals surface area contributed by atoms with Gasteiger partial charge < -0.3 is 4.90 Å². The number of rotatable bonds is 3. The Morgan fingerprint density at radius 1 is 0.958 bits per heavy atom. The Morgan fingerprint density at radius 2 is 1.75 bits per heavy atom. The number of benzene rings is 1. The number of pyridine rings is 1. The maximum Gasteiger partial charge on any atom is 0.140 e. The van der Waals surface area contributed by atoms with Gasteiger partial charge in [0.2, 0.25) is 0 Å². The maximum atomic E-state index is 13.0. The van der Waals surface area contributed by atoms with Crippen molar-refractivity contribution in [3.63, 3.8) is 0 Å². The molecule has 2 aromatic heterocycles. The quantitative estimate of drug-likeness (QED) is 0.741. The van der Waals surface area contributed by atoms with Crippen LogP contribution in [0.2, 0.25) is 0 Å². The van der Waals surface area contributed by atoms with Crippen LogP contribution in [-0.4, -0.2) is 46.0 Å². The van der Waals surface area contributed by atoms with Crippen LogP contribution < -0.4 is 4.90 Å². The van der Waals surface area contributed by atoms with E-state index in [-0.39, 0.29) is 5.82 Å². The number of hydrogen-bond donors (Lipinski definition) is 0. The molecule has 1 aliphatic rings. The van der Waals surface area contributed by atoms with E-state index in [2.05, 4.69) is 24.8 Å². The summed E-state index contributed by atoms with van der Waals surface area (Å²) in [6.07, 6.45) is 5.15. The highest BCUT2D eigenvalue weighted by molar-refractivity contribution is 5.88. The van der Waals surface area contributed by atoms with E-state index < -0.39 is 0 Å². The molecule has 3 heterocycles. The second-order valence-corrected chi connectivity index (χ2v) is 5.98. The molecule has 1 aromatic carbocycles. The van der Waals surface area contributed by atoms with Crippen molar-refractivity contribution >= 4 is 16.7 Å². The largest absolute Gasteiger partial charge is 0.353 e. The summed E-state index contributed by atoms with van der Waals surface area (Å²) < 4.78 is 13.0. The fourth-order valence-electron chi connectivity index (χ4n) is 3.11. The highest BCUT2D eigenvalue weighted by Gasteiger charge is 2.20. The summed E-state index contributed by atoms with van der Waals surface area (Å²) >= 11 is 0. The average Bonchev–Trinajstić information content (AvgIpc) is 2.64. The first-order valence-electron chi connectivity index (χ1n) is 8.06. The summed E-state index contributed by atoms with van der Waals surface area (Å²) in [5.74, 6) is 0.789. The van der Waals surface area contributed by atoms with E-state index in [4.69, 9.17) is 0 Å². The van der Waals surface area contributed by atoms with Crippen LogP contribution in [0.5, 0.6) is 0 Å². The normalized spacial score (nSPS) is 15.8. The zero-order valence-corrected chi connectivity index (χ0v) is 13.3. The van der Waals surface area contributed by atoms with Gasteiger partial charge in [0.1, 0.15) is 18.0 Å². The van der Waals surface area contributed by atoms with Crippen LogP contribution in [0.4, 0.5) is 10.2 Å². The zero-order chi connectivity index (χ0) is 16.4. The van der Waals surface area contributed by atoms with E-state index in [9.17, 15) is 4.39 Å². The lowest BCUT2D eigenvalue weighted by Gasteiger charge is -2.35. The number of nitrogens with zero attached hydrogens (tertiary/aromatic N) is 5. The molecule has 0 spiro atoms. The molecule has 1 aliphatic heterocycles. The lowest BCUT2D eigenvalue weighted by Crippen LogP contribution is -2.46. The Morgan fingerprint density at radius 3 is 2.54 bits per heavy atom. The summed E-state index contributed by atoms with van der Waals surface area (Å²) in [7, 11) is 0. The van der Waals surface area contributed by atoms with Crippen molar-refractivity contribution in [2.24, 2.45) is 0 Å². The van der Waals surface area contributed by atoms with Gasteiger partial charge in [-0.05, 0) is 23.8 Å². The van der Waals surface area contributed by atoms with Gasteiger partial charge in [-0.1, -0.05) is 12.1 Å². The third-order valence-corrected chi connectivity index (χ3v) is 4.41. The first-order valence-corrected chi connectivity index (χ1v) is 8.06. The lowest BCUT2D eigenvalue weighted by molar-refractivity contribution is 0.249. The van der Waals surface area contributed by atoms with Gasteiger partial charge in [-0.15, -0.1) is 0 Å². The first kappa shape index (κ1) is 15.0. The SMILES string of the molecule is Fc1ccc(CN2CCN(c3ncnc4cnccc34)CC2)cc1. The third-order valence-electron chi connectivity index (χ3n) is 4.41. The lowest BCUT2D eigenvalue weighted by atomic mass is 10.2. The molecule has 1 saturated heterocycles. The molecule has 4 rings (SSSR count). The van der Waals surface area contributed by atoms with E-state index >= 15 is 0 Å². The second-order valence-electron chi connectivity index (χ2n) is 5.98. The van der Waals surface area contributed by atoms with E-state index in [1.807, 2.05) is 18.2 Å². The molecular formula is C18H18FN5. The summed E-state index contributed by atoms with van der Waals surface area (Å²) in [4.78, 5) is 17.6. The van der Waals surface area contributed by atoms with Gasteiger partial charge in [-0.3, -0.25) is 9.88 Å². The van der Waals surface area contributed by atoms with Crippen LogP contribution in [0.1, 0.15) is 5.56 Å². The monoisotopic (exact) mass is 323 g/mol. The van der Waals surface area contributed by atoms with Crippen LogP contribution in [-0.2, 0) is 6.54 Å². The Bertz CT molecular complexity index is 823. The summed E-state index contributed by atoms with van der Waals surface area (Å²) in [6.45, 7) is 4.58. The summed E-state index contributed by atoms with van der Waals surface area (Å²) in [6, 6.07) is 8.72. The topological polar surface area (TPSA) is 45.2 Å². The minimum absolute atomic E-state index is 0.186. The standard InChI is InChI=1S/C18H18FN5/c19-15-3-1-14(2-4-15)12-23-7-9-24(10-8-23)18-16-5-6-20-11-17(16)21-13-22-18/h1-6,11,13H,7-10,12H2. The van der Waals surface area contributed by atoms with Gasteiger partial charge in [0.25, 0.3) is 0 Å². The molecule has 0 radical (unpaired) electrons. The summed E-state index contributed by atoms with van der Waals surface area (Å²) in [5, 5.41) is 1.04. The van der Waals surface area contributed by atoms with Crippen LogP contribution >= 0.6 is 0 Å². The smallest absolute Gasteiger partial charge is 0.140 e. The van der Waals surface area contributed by atoms with Crippen LogP contribution in [0.15, 0.2) is 49.1 Å². The van der Waals surface area contributed by atoms with Crippen molar-refractivity contribution in [1.29, 1.82) is 0 Å². The highest BCUT2D eigenvalue weighted by atomic mass is 19.1. The van der Waals surface area contributed by atoms with Gasteiger partial charge in [0.05, 0.1) is 11.7 Å². The molecule has 5 nitrogen and oxygen atoms in total. The Hall–Kier alpha value is -2.60. The molecule has 0 atom stereocenters. The van der Waals surface area contributed by atoms with E-state index in [1.165, 1.54) is 12.1 Å². The third kappa shape index (κ3) is 3.05. The van der Waals surface area contributed by atoms with Crippen molar-refractivity contribution in [2.45, 2.75) is 6.54 Å². The van der Waals surface area contributed by atoms with Gasteiger partial charge in [-0.2, -0.15) is 0 Å². The number of fused-ring (bicyclic) bond motifs is 1. The molecule has 0 unspecified atom stereocenters. The maximum absolute atomic E-state index is 13.0. The molecule has 6 heteroatoms. The number of halogens is 1. The fraction of sp³-hybridized carbons (Fsp3) is 0.278. The van der Waals surface area contributed by atoms with Gasteiger partial charge >= 0.3 is 0 Å². The zero-order valence-electron chi connectivity index (χ0n) is 13.3. The predicted octanol–water partition coefficient (Wildman–Crippen LogP) is 2.49. The van der Waals surface area contributed by atoms with Crippen molar-refractivity contribution in [2.75, 3.05) is 31.1 Å². The molecule has 122 valence electrons. The number of piperazine rings is 1. The Kier molecular flexibility index (Phi) is 4.04. The molecule has 0 bridgehead atoms. The molecular weight excluding hydrogens is 305 g/mol. The molecule has 24 heavy (non-hydrogen) atoms. The molecule has 3 aromatic rings. The molecule has 0 saturated carbocycles. The Labute approximate surface area is 139 Å². The van der Waals surface area contributed by atoms with Crippen LogP contribution in [0.3, 0.4) is 0 Å². The van der Waals surface area contributed by atoms with E-state index in [1.54, 1.807) is 18.7 Å². The molecule has 0 N–H and O–H groups in total. The van der Waals surface area contributed by atoms with Crippen molar-refractivity contribution in [1.82, 2.24) is 19.9 Å². The second kappa shape index (κ2) is 6.49. The summed E-state index contributed by atoms with van der Waals surface area (Å²) in [5.41, 5.74) is 2.01. The van der Waals surface area contributed by atoms with Crippen molar-refractivity contribution < 1.29 is 4.39 Å². The van der Waals surface area contributed by atoms with E-state index in [0.717, 1.165) is 55.0 Å². The minimum Gasteiger partial charge on any atom is -0.353 e. The van der Waals surface area contributed by atoms with Crippen molar-refractivity contribution in [3.05, 3.63) is 60.4 Å². The molecule has 0 amide bonds. The fourth-order valence-corrected chi connectivity index (χ4v) is 3.11. The molecule has 0 aliphatic carbocycles. The minimum atomic E-state index is -0.186. The highest BCUT2D eigenvalue weighted by Crippen LogP contribution is 2.23. The van der Waals surface area contributed by atoms with Gasteiger partial charge in [-0.25, -0.2) is 14.4 Å². The van der Waals surface area contributed by atoms with Crippen LogP contribution in [0, 0.1) is 5.82 Å².